The van der Waals surface area contributed by atoms with E-state index in [1.165, 1.54) is 0 Å². The smallest absolute Gasteiger partial charge is 0.161 e. The Morgan fingerprint density at radius 1 is 1.57 bits per heavy atom. The molecule has 0 saturated carbocycles. The topological polar surface area (TPSA) is 21.3 Å². The van der Waals surface area contributed by atoms with Gasteiger partial charge in [0.25, 0.3) is 0 Å². The zero-order chi connectivity index (χ0) is 10.2. The molecule has 1 aliphatic heterocycles. The van der Waals surface area contributed by atoms with Crippen molar-refractivity contribution in [2.45, 2.75) is 25.9 Å². The van der Waals surface area contributed by atoms with Crippen LogP contribution in [0.25, 0.3) is 0 Å². The second-order valence-corrected chi connectivity index (χ2v) is 4.28. The summed E-state index contributed by atoms with van der Waals surface area (Å²) >= 11 is 6.06. The summed E-state index contributed by atoms with van der Waals surface area (Å²) in [7, 11) is 0. The van der Waals surface area contributed by atoms with Crippen LogP contribution in [0.5, 0.6) is 5.75 Å². The standard InChI is InChI=1S/C11H14ClNO/c1-3-11(2)7-13-9-6-4-5-8(12)10(9)14-11/h4-6,13H,3,7H2,1-2H3. The van der Waals surface area contributed by atoms with E-state index in [4.69, 9.17) is 16.3 Å². The average Bonchev–Trinajstić information content (AvgIpc) is 2.20. The summed E-state index contributed by atoms with van der Waals surface area (Å²) in [6.07, 6.45) is 0.963. The van der Waals surface area contributed by atoms with Gasteiger partial charge in [0.05, 0.1) is 17.3 Å². The van der Waals surface area contributed by atoms with E-state index in [-0.39, 0.29) is 5.60 Å². The molecule has 0 saturated heterocycles. The zero-order valence-electron chi connectivity index (χ0n) is 8.43. The van der Waals surface area contributed by atoms with Gasteiger partial charge in [-0.05, 0) is 25.5 Å². The van der Waals surface area contributed by atoms with Gasteiger partial charge in [-0.2, -0.15) is 0 Å². The van der Waals surface area contributed by atoms with Crippen LogP contribution in [0.3, 0.4) is 0 Å². The number of nitrogens with one attached hydrogen (secondary N) is 1. The van der Waals surface area contributed by atoms with Gasteiger partial charge in [0.15, 0.2) is 5.75 Å². The highest BCUT2D eigenvalue weighted by molar-refractivity contribution is 6.32. The Morgan fingerprint density at radius 2 is 2.36 bits per heavy atom. The Balaban J connectivity index is 2.38. The lowest BCUT2D eigenvalue weighted by molar-refractivity contribution is 0.0913. The van der Waals surface area contributed by atoms with Crippen molar-refractivity contribution in [1.82, 2.24) is 0 Å². The number of ether oxygens (including phenoxy) is 1. The first-order chi connectivity index (χ1) is 6.64. The van der Waals surface area contributed by atoms with Crippen LogP contribution in [0.15, 0.2) is 18.2 Å². The van der Waals surface area contributed by atoms with Gasteiger partial charge in [0, 0.05) is 0 Å². The van der Waals surface area contributed by atoms with E-state index in [1.54, 1.807) is 0 Å². The molecule has 0 aromatic heterocycles. The van der Waals surface area contributed by atoms with E-state index in [9.17, 15) is 0 Å². The number of hydrogen-bond donors (Lipinski definition) is 1. The van der Waals surface area contributed by atoms with Gasteiger partial charge in [-0.1, -0.05) is 24.6 Å². The van der Waals surface area contributed by atoms with Crippen LogP contribution in [-0.4, -0.2) is 12.1 Å². The van der Waals surface area contributed by atoms with Crippen LogP contribution in [0.1, 0.15) is 20.3 Å². The number of para-hydroxylation sites is 1. The van der Waals surface area contributed by atoms with E-state index >= 15 is 0 Å². The molecule has 76 valence electrons. The summed E-state index contributed by atoms with van der Waals surface area (Å²) in [5.41, 5.74) is 0.848. The molecule has 1 aromatic rings. The summed E-state index contributed by atoms with van der Waals surface area (Å²) in [6, 6.07) is 5.76. The van der Waals surface area contributed by atoms with Crippen molar-refractivity contribution >= 4 is 17.3 Å². The second-order valence-electron chi connectivity index (χ2n) is 3.88. The first-order valence-electron chi connectivity index (χ1n) is 4.86. The van der Waals surface area contributed by atoms with Gasteiger partial charge in [0.2, 0.25) is 0 Å². The molecule has 14 heavy (non-hydrogen) atoms. The van der Waals surface area contributed by atoms with E-state index in [0.717, 1.165) is 24.4 Å². The first kappa shape index (κ1) is 9.66. The molecule has 0 radical (unpaired) electrons. The number of benzene rings is 1. The minimum absolute atomic E-state index is 0.141. The van der Waals surface area contributed by atoms with Gasteiger partial charge < -0.3 is 10.1 Å². The predicted molar refractivity (Wildman–Crippen MR) is 59.3 cm³/mol. The summed E-state index contributed by atoms with van der Waals surface area (Å²) in [5, 5.41) is 4.01. The molecule has 1 N–H and O–H groups in total. The lowest BCUT2D eigenvalue weighted by Gasteiger charge is -2.36. The Kier molecular flexibility index (Phi) is 2.31. The molecule has 1 unspecified atom stereocenters. The van der Waals surface area contributed by atoms with Gasteiger partial charge in [-0.15, -0.1) is 0 Å². The molecule has 0 bridgehead atoms. The Morgan fingerprint density at radius 3 is 3.07 bits per heavy atom. The van der Waals surface area contributed by atoms with Crippen molar-refractivity contribution in [3.05, 3.63) is 23.2 Å². The van der Waals surface area contributed by atoms with Gasteiger partial charge in [-0.25, -0.2) is 0 Å². The number of halogens is 1. The quantitative estimate of drug-likeness (QED) is 0.770. The van der Waals surface area contributed by atoms with Crippen LogP contribution >= 0.6 is 11.6 Å². The molecular formula is C11H14ClNO. The lowest BCUT2D eigenvalue weighted by atomic mass is 10.0. The SMILES string of the molecule is CCC1(C)CNc2cccc(Cl)c2O1. The van der Waals surface area contributed by atoms with Crippen molar-refractivity contribution in [2.24, 2.45) is 0 Å². The molecule has 0 amide bonds. The summed E-state index contributed by atoms with van der Waals surface area (Å²) in [4.78, 5) is 0. The fourth-order valence-electron chi connectivity index (χ4n) is 1.51. The molecule has 2 nitrogen and oxygen atoms in total. The summed E-state index contributed by atoms with van der Waals surface area (Å²) in [6.45, 7) is 5.03. The van der Waals surface area contributed by atoms with E-state index in [0.29, 0.717) is 5.02 Å². The highest BCUT2D eigenvalue weighted by atomic mass is 35.5. The molecule has 1 heterocycles. The molecule has 3 heteroatoms. The molecule has 1 aromatic carbocycles. The van der Waals surface area contributed by atoms with E-state index in [1.807, 2.05) is 18.2 Å². The minimum atomic E-state index is -0.141. The van der Waals surface area contributed by atoms with Crippen LogP contribution in [0.4, 0.5) is 5.69 Å². The third-order valence-electron chi connectivity index (χ3n) is 2.72. The van der Waals surface area contributed by atoms with E-state index < -0.39 is 0 Å². The maximum atomic E-state index is 6.06. The van der Waals surface area contributed by atoms with Crippen molar-refractivity contribution in [1.29, 1.82) is 0 Å². The summed E-state index contributed by atoms with van der Waals surface area (Å²) < 4.78 is 5.90. The highest BCUT2D eigenvalue weighted by Gasteiger charge is 2.30. The average molecular weight is 212 g/mol. The third-order valence-corrected chi connectivity index (χ3v) is 3.01. The molecular weight excluding hydrogens is 198 g/mol. The number of anilines is 1. The lowest BCUT2D eigenvalue weighted by Crippen LogP contribution is -2.42. The molecule has 2 rings (SSSR count). The Hall–Kier alpha value is -0.890. The number of fused-ring (bicyclic) bond motifs is 1. The summed E-state index contributed by atoms with van der Waals surface area (Å²) in [5.74, 6) is 0.782. The van der Waals surface area contributed by atoms with Crippen molar-refractivity contribution in [3.63, 3.8) is 0 Å². The van der Waals surface area contributed by atoms with Gasteiger partial charge in [-0.3, -0.25) is 0 Å². The third kappa shape index (κ3) is 1.55. The fraction of sp³-hybridized carbons (Fsp3) is 0.455. The predicted octanol–water partition coefficient (Wildman–Crippen LogP) is 3.31. The van der Waals surface area contributed by atoms with E-state index in [2.05, 4.69) is 19.2 Å². The normalized spacial score (nSPS) is 24.8. The highest BCUT2D eigenvalue weighted by Crippen LogP contribution is 2.39. The zero-order valence-corrected chi connectivity index (χ0v) is 9.19. The Labute approximate surface area is 89.2 Å². The van der Waals surface area contributed by atoms with Crippen LogP contribution in [0.2, 0.25) is 5.02 Å². The molecule has 0 aliphatic carbocycles. The molecule has 0 spiro atoms. The van der Waals surface area contributed by atoms with Crippen molar-refractivity contribution in [2.75, 3.05) is 11.9 Å². The minimum Gasteiger partial charge on any atom is -0.482 e. The number of hydrogen-bond acceptors (Lipinski definition) is 2. The van der Waals surface area contributed by atoms with Gasteiger partial charge in [0.1, 0.15) is 5.60 Å². The molecule has 1 aliphatic rings. The maximum absolute atomic E-state index is 6.06. The first-order valence-corrected chi connectivity index (χ1v) is 5.24. The van der Waals surface area contributed by atoms with Crippen LogP contribution in [-0.2, 0) is 0 Å². The molecule has 1 atom stereocenters. The maximum Gasteiger partial charge on any atom is 0.161 e. The van der Waals surface area contributed by atoms with Crippen LogP contribution < -0.4 is 10.1 Å². The van der Waals surface area contributed by atoms with Crippen LogP contribution in [0, 0.1) is 0 Å². The van der Waals surface area contributed by atoms with Crippen molar-refractivity contribution in [3.8, 4) is 5.75 Å². The number of rotatable bonds is 1. The second kappa shape index (κ2) is 3.35. The monoisotopic (exact) mass is 211 g/mol. The Bertz CT molecular complexity index is 353. The fourth-order valence-corrected chi connectivity index (χ4v) is 1.73. The van der Waals surface area contributed by atoms with Gasteiger partial charge >= 0.3 is 0 Å². The largest absolute Gasteiger partial charge is 0.482 e. The van der Waals surface area contributed by atoms with Crippen molar-refractivity contribution < 1.29 is 4.74 Å². The molecule has 0 fully saturated rings.